The molecule has 0 unspecified atom stereocenters. The number of benzene rings is 2. The van der Waals surface area contributed by atoms with Crippen molar-refractivity contribution in [2.24, 2.45) is 10.9 Å². The molecule has 0 fully saturated rings. The first-order valence-corrected chi connectivity index (χ1v) is 9.84. The summed E-state index contributed by atoms with van der Waals surface area (Å²) < 4.78 is 26.9. The molecule has 1 atom stereocenters. The fourth-order valence-corrected chi connectivity index (χ4v) is 4.06. The van der Waals surface area contributed by atoms with E-state index >= 15 is 0 Å². The second kappa shape index (κ2) is 6.92. The highest BCUT2D eigenvalue weighted by Gasteiger charge is 2.32. The number of carbonyl (C=O) groups excluding carboxylic acids is 1. The van der Waals surface area contributed by atoms with E-state index in [0.29, 0.717) is 11.3 Å². The molecule has 0 radical (unpaired) electrons. The maximum Gasteiger partial charge on any atom is 0.263 e. The number of anilines is 1. The van der Waals surface area contributed by atoms with Crippen molar-refractivity contribution in [2.75, 3.05) is 5.32 Å². The van der Waals surface area contributed by atoms with Crippen LogP contribution in [-0.2, 0) is 14.8 Å². The smallest absolute Gasteiger partial charge is 0.263 e. The third-order valence-electron chi connectivity index (χ3n) is 4.12. The van der Waals surface area contributed by atoms with Crippen molar-refractivity contribution in [3.63, 3.8) is 0 Å². The van der Waals surface area contributed by atoms with Crippen LogP contribution in [0.4, 0.5) is 5.69 Å². The van der Waals surface area contributed by atoms with Crippen LogP contribution in [0.1, 0.15) is 25.0 Å². The molecule has 1 heterocycles. The van der Waals surface area contributed by atoms with Gasteiger partial charge in [-0.15, -0.1) is 0 Å². The number of nitrogens with zero attached hydrogens (tertiary/aromatic N) is 1. The Kier molecular flexibility index (Phi) is 4.82. The second-order valence-electron chi connectivity index (χ2n) is 6.63. The summed E-state index contributed by atoms with van der Waals surface area (Å²) in [5.74, 6) is -0.176. The Morgan fingerprint density at radius 3 is 2.54 bits per heavy atom. The first-order valence-electron chi connectivity index (χ1n) is 8.35. The molecular formula is C19H21N3O3S. The monoisotopic (exact) mass is 371 g/mol. The molecule has 26 heavy (non-hydrogen) atoms. The quantitative estimate of drug-likeness (QED) is 0.866. The second-order valence-corrected chi connectivity index (χ2v) is 8.28. The van der Waals surface area contributed by atoms with Gasteiger partial charge in [0.05, 0.1) is 4.90 Å². The maximum absolute atomic E-state index is 12.7. The van der Waals surface area contributed by atoms with Gasteiger partial charge in [-0.1, -0.05) is 38.1 Å². The van der Waals surface area contributed by atoms with E-state index in [9.17, 15) is 13.2 Å². The highest BCUT2D eigenvalue weighted by atomic mass is 32.2. The number of rotatable bonds is 4. The predicted octanol–water partition coefficient (Wildman–Crippen LogP) is 2.70. The summed E-state index contributed by atoms with van der Waals surface area (Å²) in [5, 5.41) is 2.86. The predicted molar refractivity (Wildman–Crippen MR) is 102 cm³/mol. The zero-order valence-corrected chi connectivity index (χ0v) is 15.7. The number of aryl methyl sites for hydroxylation is 1. The summed E-state index contributed by atoms with van der Waals surface area (Å²) in [5.41, 5.74) is 2.21. The Labute approximate surface area is 153 Å². The fourth-order valence-electron chi connectivity index (χ4n) is 2.82. The molecule has 3 rings (SSSR count). The van der Waals surface area contributed by atoms with E-state index in [0.717, 1.165) is 5.56 Å². The molecule has 7 heteroatoms. The zero-order valence-electron chi connectivity index (χ0n) is 14.9. The molecule has 0 saturated carbocycles. The van der Waals surface area contributed by atoms with Gasteiger partial charge in [0.1, 0.15) is 11.9 Å². The third-order valence-corrected chi connectivity index (χ3v) is 5.51. The molecule has 0 spiro atoms. The van der Waals surface area contributed by atoms with Crippen LogP contribution in [0, 0.1) is 12.8 Å². The minimum Gasteiger partial charge on any atom is -0.324 e. The van der Waals surface area contributed by atoms with Crippen LogP contribution >= 0.6 is 0 Å². The lowest BCUT2D eigenvalue weighted by Gasteiger charge is -2.17. The van der Waals surface area contributed by atoms with Gasteiger partial charge in [-0.2, -0.15) is 0 Å². The van der Waals surface area contributed by atoms with Crippen LogP contribution in [0.2, 0.25) is 0 Å². The summed E-state index contributed by atoms with van der Waals surface area (Å²) in [6.07, 6.45) is 0. The number of amides is 1. The van der Waals surface area contributed by atoms with Crippen molar-refractivity contribution in [3.05, 3.63) is 59.7 Å². The lowest BCUT2D eigenvalue weighted by Crippen LogP contribution is -2.34. The molecule has 0 aliphatic carbocycles. The van der Waals surface area contributed by atoms with Crippen molar-refractivity contribution >= 4 is 27.5 Å². The zero-order chi connectivity index (χ0) is 18.9. The third kappa shape index (κ3) is 3.62. The maximum atomic E-state index is 12.7. The molecule has 0 bridgehead atoms. The number of aliphatic imine (C=N–C) groups is 1. The Morgan fingerprint density at radius 1 is 1.12 bits per heavy atom. The number of nitrogens with one attached hydrogen (secondary N) is 2. The van der Waals surface area contributed by atoms with Crippen molar-refractivity contribution in [1.82, 2.24) is 4.72 Å². The molecular weight excluding hydrogens is 350 g/mol. The van der Waals surface area contributed by atoms with Crippen LogP contribution in [0.5, 0.6) is 0 Å². The molecule has 1 amide bonds. The molecule has 136 valence electrons. The number of carbonyl (C=O) groups is 1. The van der Waals surface area contributed by atoms with Gasteiger partial charge in [0.2, 0.25) is 5.91 Å². The van der Waals surface area contributed by atoms with Crippen LogP contribution in [-0.4, -0.2) is 26.2 Å². The number of hydrogen-bond acceptors (Lipinski definition) is 4. The van der Waals surface area contributed by atoms with Crippen molar-refractivity contribution < 1.29 is 13.2 Å². The summed E-state index contributed by atoms with van der Waals surface area (Å²) >= 11 is 0. The molecule has 1 aliphatic rings. The number of hydrogen-bond donors (Lipinski definition) is 2. The topological polar surface area (TPSA) is 87.6 Å². The van der Waals surface area contributed by atoms with E-state index in [1.165, 1.54) is 6.07 Å². The molecule has 2 aromatic rings. The highest BCUT2D eigenvalue weighted by molar-refractivity contribution is 7.90. The van der Waals surface area contributed by atoms with Gasteiger partial charge >= 0.3 is 0 Å². The van der Waals surface area contributed by atoms with Gasteiger partial charge in [0, 0.05) is 11.3 Å². The van der Waals surface area contributed by atoms with Crippen LogP contribution < -0.4 is 10.0 Å². The van der Waals surface area contributed by atoms with E-state index in [1.807, 2.05) is 45.0 Å². The Morgan fingerprint density at radius 2 is 1.85 bits per heavy atom. The first kappa shape index (κ1) is 18.1. The average Bonchev–Trinajstić information content (AvgIpc) is 2.83. The van der Waals surface area contributed by atoms with Gasteiger partial charge in [0.25, 0.3) is 10.0 Å². The van der Waals surface area contributed by atoms with E-state index in [-0.39, 0.29) is 22.6 Å². The molecule has 2 aromatic carbocycles. The average molecular weight is 371 g/mol. The molecule has 2 N–H and O–H groups in total. The van der Waals surface area contributed by atoms with Gasteiger partial charge in [-0.25, -0.2) is 8.42 Å². The Bertz CT molecular complexity index is 981. The SMILES string of the molecule is Cc1cccc(NC(=O)[C@@H](N=C2NS(=O)(=O)c3ccccc32)C(C)C)c1. The minimum atomic E-state index is -3.63. The fraction of sp³-hybridized carbons (Fsp3) is 0.263. The van der Waals surface area contributed by atoms with E-state index in [4.69, 9.17) is 0 Å². The van der Waals surface area contributed by atoms with E-state index < -0.39 is 16.1 Å². The summed E-state index contributed by atoms with van der Waals surface area (Å²) in [7, 11) is -3.63. The van der Waals surface area contributed by atoms with Gasteiger partial charge < -0.3 is 5.32 Å². The van der Waals surface area contributed by atoms with Crippen LogP contribution in [0.25, 0.3) is 0 Å². The molecule has 0 saturated heterocycles. The lowest BCUT2D eigenvalue weighted by molar-refractivity contribution is -0.118. The Hall–Kier alpha value is -2.67. The van der Waals surface area contributed by atoms with E-state index in [2.05, 4.69) is 15.0 Å². The lowest BCUT2D eigenvalue weighted by atomic mass is 10.0. The van der Waals surface area contributed by atoms with Crippen molar-refractivity contribution in [1.29, 1.82) is 0 Å². The van der Waals surface area contributed by atoms with E-state index in [1.54, 1.807) is 18.2 Å². The van der Waals surface area contributed by atoms with Crippen LogP contribution in [0.3, 0.4) is 0 Å². The van der Waals surface area contributed by atoms with Crippen molar-refractivity contribution in [2.45, 2.75) is 31.7 Å². The summed E-state index contributed by atoms with van der Waals surface area (Å²) in [4.78, 5) is 17.4. The standard InChI is InChI=1S/C19H21N3O3S/c1-12(2)17(19(23)20-14-8-6-7-13(3)11-14)21-18-15-9-4-5-10-16(15)26(24,25)22-18/h4-12,17H,1-3H3,(H,20,23)(H,21,22)/t17-/m0/s1. The van der Waals surface area contributed by atoms with Gasteiger partial charge in [-0.3, -0.25) is 14.5 Å². The number of amidine groups is 1. The summed E-state index contributed by atoms with van der Waals surface area (Å²) in [6.45, 7) is 5.69. The largest absolute Gasteiger partial charge is 0.324 e. The molecule has 1 aliphatic heterocycles. The summed E-state index contributed by atoms with van der Waals surface area (Å²) in [6, 6.07) is 13.4. The van der Waals surface area contributed by atoms with Crippen molar-refractivity contribution in [3.8, 4) is 0 Å². The highest BCUT2D eigenvalue weighted by Crippen LogP contribution is 2.23. The van der Waals surface area contributed by atoms with Gasteiger partial charge in [0.15, 0.2) is 0 Å². The molecule has 6 nitrogen and oxygen atoms in total. The first-order chi connectivity index (χ1) is 12.3. The van der Waals surface area contributed by atoms with Gasteiger partial charge in [-0.05, 0) is 42.7 Å². The number of fused-ring (bicyclic) bond motifs is 1. The van der Waals surface area contributed by atoms with Crippen LogP contribution in [0.15, 0.2) is 58.4 Å². The minimum absolute atomic E-state index is 0.107. The Balaban J connectivity index is 1.92. The number of sulfonamides is 1. The normalized spacial score (nSPS) is 17.6. The molecule has 0 aromatic heterocycles.